The third-order valence-corrected chi connectivity index (χ3v) is 8.58. The number of aliphatic hydroxyl groups is 1. The molecule has 0 spiro atoms. The van der Waals surface area contributed by atoms with Crippen LogP contribution in [-0.2, 0) is 10.8 Å². The van der Waals surface area contributed by atoms with E-state index in [9.17, 15) is 0 Å². The number of hydrogen-bond donors (Lipinski definition) is 2. The lowest BCUT2D eigenvalue weighted by atomic mass is 9.63. The molecule has 1 aliphatic heterocycles. The summed E-state index contributed by atoms with van der Waals surface area (Å²) in [7, 11) is 0. The summed E-state index contributed by atoms with van der Waals surface area (Å²) >= 11 is 1.79. The first-order chi connectivity index (χ1) is 15.3. The van der Waals surface area contributed by atoms with E-state index in [0.717, 1.165) is 44.6 Å². The second kappa shape index (κ2) is 9.82. The molecule has 2 aliphatic rings. The Labute approximate surface area is 198 Å². The van der Waals surface area contributed by atoms with Crippen molar-refractivity contribution in [2.45, 2.75) is 89.5 Å². The van der Waals surface area contributed by atoms with Crippen LogP contribution in [0.1, 0.15) is 83.8 Å². The van der Waals surface area contributed by atoms with Crippen molar-refractivity contribution >= 4 is 16.5 Å². The number of hydrogen-bond acceptors (Lipinski definition) is 5. The maximum Gasteiger partial charge on any atom is 0.185 e. The summed E-state index contributed by atoms with van der Waals surface area (Å²) in [4.78, 5) is 7.52. The number of fused-ring (bicyclic) bond motifs is 1. The summed E-state index contributed by atoms with van der Waals surface area (Å²) in [5.41, 5.74) is 5.89. The predicted octanol–water partition coefficient (Wildman–Crippen LogP) is 5.88. The number of aromatic nitrogens is 1. The number of anilines is 1. The Morgan fingerprint density at radius 1 is 1.03 bits per heavy atom. The van der Waals surface area contributed by atoms with E-state index >= 15 is 0 Å². The van der Waals surface area contributed by atoms with Crippen LogP contribution in [0.25, 0.3) is 11.3 Å². The first kappa shape index (κ1) is 23.7. The quantitative estimate of drug-likeness (QED) is 0.488. The number of aliphatic hydroxyl groups excluding tert-OH is 1. The maximum atomic E-state index is 8.89. The van der Waals surface area contributed by atoms with Crippen molar-refractivity contribution in [3.63, 3.8) is 0 Å². The van der Waals surface area contributed by atoms with Crippen LogP contribution in [-0.4, -0.2) is 42.4 Å². The fraction of sp³-hybridized carbons (Fsp3) is 0.667. The SMILES string of the molecule is CC1(C)CCC(C)(C)c2cc(-c3csc(N4CCC(NCCCCCO)CC4)n3)ccc21. The molecule has 2 N–H and O–H groups in total. The summed E-state index contributed by atoms with van der Waals surface area (Å²) in [6.45, 7) is 13.1. The molecule has 0 radical (unpaired) electrons. The van der Waals surface area contributed by atoms with Crippen LogP contribution >= 0.6 is 11.3 Å². The zero-order chi connectivity index (χ0) is 22.8. The van der Waals surface area contributed by atoms with Gasteiger partial charge in [-0.2, -0.15) is 0 Å². The lowest BCUT2D eigenvalue weighted by Gasteiger charge is -2.42. The molecule has 1 fully saturated rings. The minimum atomic E-state index is 0.229. The van der Waals surface area contributed by atoms with Gasteiger partial charge in [-0.1, -0.05) is 39.8 Å². The molecule has 4 rings (SSSR count). The van der Waals surface area contributed by atoms with Gasteiger partial charge in [0.05, 0.1) is 5.69 Å². The van der Waals surface area contributed by atoms with Crippen molar-refractivity contribution in [1.82, 2.24) is 10.3 Å². The molecule has 2 aromatic rings. The van der Waals surface area contributed by atoms with Crippen LogP contribution in [0.2, 0.25) is 0 Å². The average Bonchev–Trinajstić information content (AvgIpc) is 3.27. The highest BCUT2D eigenvalue weighted by Crippen LogP contribution is 2.47. The van der Waals surface area contributed by atoms with Gasteiger partial charge in [0.2, 0.25) is 0 Å². The fourth-order valence-corrected chi connectivity index (χ4v) is 6.17. The Bertz CT molecular complexity index is 896. The second-order valence-corrected chi connectivity index (χ2v) is 11.9. The Hall–Kier alpha value is -1.43. The first-order valence-electron chi connectivity index (χ1n) is 12.5. The molecule has 5 heteroatoms. The van der Waals surface area contributed by atoms with E-state index in [1.54, 1.807) is 11.3 Å². The second-order valence-electron chi connectivity index (χ2n) is 11.0. The van der Waals surface area contributed by atoms with Crippen LogP contribution in [0.4, 0.5) is 5.13 Å². The van der Waals surface area contributed by atoms with Crippen molar-refractivity contribution in [2.75, 3.05) is 31.1 Å². The van der Waals surface area contributed by atoms with Crippen LogP contribution in [0, 0.1) is 0 Å². The van der Waals surface area contributed by atoms with E-state index in [2.05, 4.69) is 61.5 Å². The third kappa shape index (κ3) is 5.21. The molecule has 0 unspecified atom stereocenters. The van der Waals surface area contributed by atoms with Gasteiger partial charge in [-0.15, -0.1) is 11.3 Å². The number of nitrogens with zero attached hydrogens (tertiary/aromatic N) is 2. The number of unbranched alkanes of at least 4 members (excludes halogenated alkanes) is 2. The van der Waals surface area contributed by atoms with Gasteiger partial charge >= 0.3 is 0 Å². The van der Waals surface area contributed by atoms with E-state index in [0.29, 0.717) is 12.6 Å². The number of nitrogens with one attached hydrogen (secondary N) is 1. The Kier molecular flexibility index (Phi) is 7.28. The van der Waals surface area contributed by atoms with Crippen LogP contribution in [0.5, 0.6) is 0 Å². The number of thiazole rings is 1. The Balaban J connectivity index is 1.39. The predicted molar refractivity (Wildman–Crippen MR) is 137 cm³/mol. The van der Waals surface area contributed by atoms with Gasteiger partial charge in [-0.25, -0.2) is 4.98 Å². The standard InChI is InChI=1S/C27H41N3OS/c1-26(2)12-13-27(3,4)23-18-20(8-9-22(23)26)24-19-32-25(29-24)30-15-10-21(11-16-30)28-14-6-5-7-17-31/h8-9,18-19,21,28,31H,5-7,10-17H2,1-4H3. The molecular weight excluding hydrogens is 414 g/mol. The number of piperidine rings is 1. The van der Waals surface area contributed by atoms with E-state index in [-0.39, 0.29) is 10.8 Å². The molecule has 0 atom stereocenters. The summed E-state index contributed by atoms with van der Waals surface area (Å²) in [5, 5.41) is 16.0. The summed E-state index contributed by atoms with van der Waals surface area (Å²) in [6, 6.07) is 7.68. The largest absolute Gasteiger partial charge is 0.396 e. The summed E-state index contributed by atoms with van der Waals surface area (Å²) < 4.78 is 0. The van der Waals surface area contributed by atoms with E-state index < -0.39 is 0 Å². The van der Waals surface area contributed by atoms with Crippen molar-refractivity contribution in [2.24, 2.45) is 0 Å². The third-order valence-electron chi connectivity index (χ3n) is 7.67. The van der Waals surface area contributed by atoms with Crippen molar-refractivity contribution in [3.05, 3.63) is 34.7 Å². The highest BCUT2D eigenvalue weighted by molar-refractivity contribution is 7.14. The smallest absolute Gasteiger partial charge is 0.185 e. The average molecular weight is 456 g/mol. The monoisotopic (exact) mass is 455 g/mol. The molecule has 176 valence electrons. The molecule has 1 aliphatic carbocycles. The lowest BCUT2D eigenvalue weighted by Crippen LogP contribution is -2.42. The summed E-state index contributed by atoms with van der Waals surface area (Å²) in [6.07, 6.45) is 8.04. The highest BCUT2D eigenvalue weighted by Gasteiger charge is 2.37. The molecule has 0 bridgehead atoms. The van der Waals surface area contributed by atoms with E-state index in [1.165, 1.54) is 47.5 Å². The van der Waals surface area contributed by atoms with Gasteiger partial charge in [0.25, 0.3) is 0 Å². The highest BCUT2D eigenvalue weighted by atomic mass is 32.1. The van der Waals surface area contributed by atoms with E-state index in [4.69, 9.17) is 10.1 Å². The van der Waals surface area contributed by atoms with Gasteiger partial charge < -0.3 is 15.3 Å². The molecular formula is C27H41N3OS. The molecule has 1 aromatic carbocycles. The number of benzene rings is 1. The zero-order valence-corrected chi connectivity index (χ0v) is 21.2. The Morgan fingerprint density at radius 3 is 2.47 bits per heavy atom. The van der Waals surface area contributed by atoms with Crippen LogP contribution in [0.15, 0.2) is 23.6 Å². The van der Waals surface area contributed by atoms with Gasteiger partial charge in [0, 0.05) is 36.7 Å². The molecule has 1 saturated heterocycles. The van der Waals surface area contributed by atoms with Gasteiger partial charge in [-0.05, 0) is 79.5 Å². The van der Waals surface area contributed by atoms with Crippen molar-refractivity contribution in [1.29, 1.82) is 0 Å². The van der Waals surface area contributed by atoms with Crippen molar-refractivity contribution in [3.8, 4) is 11.3 Å². The molecule has 0 amide bonds. The normalized spacial score (nSPS) is 20.3. The van der Waals surface area contributed by atoms with Crippen LogP contribution in [0.3, 0.4) is 0 Å². The zero-order valence-electron chi connectivity index (χ0n) is 20.4. The fourth-order valence-electron chi connectivity index (χ4n) is 5.28. The van der Waals surface area contributed by atoms with Gasteiger partial charge in [-0.3, -0.25) is 0 Å². The number of rotatable bonds is 8. The molecule has 4 nitrogen and oxygen atoms in total. The lowest BCUT2D eigenvalue weighted by molar-refractivity contribution is 0.282. The topological polar surface area (TPSA) is 48.4 Å². The summed E-state index contributed by atoms with van der Waals surface area (Å²) in [5.74, 6) is 0. The first-order valence-corrected chi connectivity index (χ1v) is 13.4. The van der Waals surface area contributed by atoms with E-state index in [1.807, 2.05) is 0 Å². The molecule has 32 heavy (non-hydrogen) atoms. The van der Waals surface area contributed by atoms with Gasteiger partial charge in [0.15, 0.2) is 5.13 Å². The molecule has 2 heterocycles. The van der Waals surface area contributed by atoms with Crippen LogP contribution < -0.4 is 10.2 Å². The minimum Gasteiger partial charge on any atom is -0.396 e. The minimum absolute atomic E-state index is 0.229. The van der Waals surface area contributed by atoms with Crippen molar-refractivity contribution < 1.29 is 5.11 Å². The van der Waals surface area contributed by atoms with Gasteiger partial charge in [0.1, 0.15) is 0 Å². The Morgan fingerprint density at radius 2 is 1.75 bits per heavy atom. The maximum absolute atomic E-state index is 8.89. The molecule has 1 aromatic heterocycles. The molecule has 0 saturated carbocycles.